The van der Waals surface area contributed by atoms with Crippen LogP contribution in [0.2, 0.25) is 10.0 Å². The molecule has 0 bridgehead atoms. The highest BCUT2D eigenvalue weighted by molar-refractivity contribution is 6.42. The van der Waals surface area contributed by atoms with Crippen LogP contribution in [0.25, 0.3) is 0 Å². The number of carbonyl (C=O) groups excluding carboxylic acids is 2. The van der Waals surface area contributed by atoms with Gasteiger partial charge in [0, 0.05) is 29.2 Å². The predicted octanol–water partition coefficient (Wildman–Crippen LogP) is 5.71. The highest BCUT2D eigenvalue weighted by Gasteiger charge is 2.16. The molecule has 0 saturated heterocycles. The molecule has 5 nitrogen and oxygen atoms in total. The fourth-order valence-electron chi connectivity index (χ4n) is 2.93. The molecular formula is C23H21Cl2N3O2. The van der Waals surface area contributed by atoms with Gasteiger partial charge in [-0.15, -0.1) is 0 Å². The average molecular weight is 442 g/mol. The topological polar surface area (TPSA) is 61.4 Å². The second kappa shape index (κ2) is 10.1. The van der Waals surface area contributed by atoms with E-state index in [0.29, 0.717) is 33.5 Å². The maximum Gasteiger partial charge on any atom is 0.258 e. The van der Waals surface area contributed by atoms with E-state index in [1.165, 1.54) is 0 Å². The summed E-state index contributed by atoms with van der Waals surface area (Å²) in [5.74, 6) is -0.380. The SMILES string of the molecule is CCN(C(=O)c1cccc(NC(=O)CNc2ccc(Cl)c(Cl)c2)c1)c1ccccc1. The van der Waals surface area contributed by atoms with Crippen molar-refractivity contribution >= 4 is 52.1 Å². The minimum absolute atomic E-state index is 0.0429. The summed E-state index contributed by atoms with van der Waals surface area (Å²) in [7, 11) is 0. The van der Waals surface area contributed by atoms with Gasteiger partial charge in [-0.3, -0.25) is 9.59 Å². The van der Waals surface area contributed by atoms with Crippen LogP contribution in [0.1, 0.15) is 17.3 Å². The van der Waals surface area contributed by atoms with Crippen molar-refractivity contribution in [2.75, 3.05) is 28.6 Å². The highest BCUT2D eigenvalue weighted by atomic mass is 35.5. The Hall–Kier alpha value is -3.02. The molecule has 30 heavy (non-hydrogen) atoms. The van der Waals surface area contributed by atoms with Gasteiger partial charge < -0.3 is 15.5 Å². The van der Waals surface area contributed by atoms with Crippen LogP contribution in [-0.2, 0) is 4.79 Å². The van der Waals surface area contributed by atoms with E-state index in [4.69, 9.17) is 23.2 Å². The molecular weight excluding hydrogens is 421 g/mol. The first kappa shape index (κ1) is 21.7. The van der Waals surface area contributed by atoms with E-state index in [-0.39, 0.29) is 18.4 Å². The zero-order valence-electron chi connectivity index (χ0n) is 16.4. The normalized spacial score (nSPS) is 10.4. The minimum atomic E-state index is -0.249. The maximum atomic E-state index is 13.0. The predicted molar refractivity (Wildman–Crippen MR) is 124 cm³/mol. The average Bonchev–Trinajstić information content (AvgIpc) is 2.76. The van der Waals surface area contributed by atoms with Gasteiger partial charge in [0.1, 0.15) is 0 Å². The Balaban J connectivity index is 1.65. The van der Waals surface area contributed by atoms with Gasteiger partial charge in [-0.1, -0.05) is 47.5 Å². The van der Waals surface area contributed by atoms with Crippen molar-refractivity contribution in [3.63, 3.8) is 0 Å². The molecule has 0 aromatic heterocycles. The molecule has 3 aromatic carbocycles. The van der Waals surface area contributed by atoms with Gasteiger partial charge in [0.05, 0.1) is 16.6 Å². The van der Waals surface area contributed by atoms with Crippen LogP contribution in [0, 0.1) is 0 Å². The number of carbonyl (C=O) groups is 2. The molecule has 0 atom stereocenters. The Bertz CT molecular complexity index is 1040. The van der Waals surface area contributed by atoms with Crippen molar-refractivity contribution in [2.24, 2.45) is 0 Å². The smallest absolute Gasteiger partial charge is 0.258 e. The number of nitrogens with zero attached hydrogens (tertiary/aromatic N) is 1. The lowest BCUT2D eigenvalue weighted by Crippen LogP contribution is -2.30. The molecule has 0 heterocycles. The Labute approximate surface area is 185 Å². The van der Waals surface area contributed by atoms with E-state index in [2.05, 4.69) is 10.6 Å². The van der Waals surface area contributed by atoms with Gasteiger partial charge >= 0.3 is 0 Å². The van der Waals surface area contributed by atoms with Crippen molar-refractivity contribution in [1.29, 1.82) is 0 Å². The van der Waals surface area contributed by atoms with Crippen LogP contribution < -0.4 is 15.5 Å². The summed E-state index contributed by atoms with van der Waals surface area (Å²) in [5.41, 5.74) is 2.55. The van der Waals surface area contributed by atoms with E-state index in [1.54, 1.807) is 47.4 Å². The molecule has 0 aliphatic rings. The van der Waals surface area contributed by atoms with Gasteiger partial charge in [-0.25, -0.2) is 0 Å². The molecule has 2 N–H and O–H groups in total. The molecule has 0 saturated carbocycles. The summed E-state index contributed by atoms with van der Waals surface area (Å²) in [6.07, 6.45) is 0. The van der Waals surface area contributed by atoms with Crippen molar-refractivity contribution in [3.05, 3.63) is 88.4 Å². The third-order valence-corrected chi connectivity index (χ3v) is 5.13. The maximum absolute atomic E-state index is 13.0. The standard InChI is InChI=1S/C23H21Cl2N3O2/c1-2-28(19-9-4-3-5-10-19)23(30)16-7-6-8-18(13-16)27-22(29)15-26-17-11-12-20(24)21(25)14-17/h3-14,26H,2,15H2,1H3,(H,27,29). The van der Waals surface area contributed by atoms with E-state index < -0.39 is 0 Å². The fourth-order valence-corrected chi connectivity index (χ4v) is 3.23. The van der Waals surface area contributed by atoms with Crippen LogP contribution in [0.4, 0.5) is 17.1 Å². The van der Waals surface area contributed by atoms with E-state index in [9.17, 15) is 9.59 Å². The first-order valence-corrected chi connectivity index (χ1v) is 10.2. The minimum Gasteiger partial charge on any atom is -0.376 e. The molecule has 154 valence electrons. The summed E-state index contributed by atoms with van der Waals surface area (Å²) in [6, 6.07) is 21.4. The van der Waals surface area contributed by atoms with Crippen molar-refractivity contribution in [3.8, 4) is 0 Å². The number of para-hydroxylation sites is 1. The zero-order chi connectivity index (χ0) is 21.5. The monoisotopic (exact) mass is 441 g/mol. The second-order valence-electron chi connectivity index (χ2n) is 6.50. The van der Waals surface area contributed by atoms with Gasteiger partial charge in [0.25, 0.3) is 5.91 Å². The Kier molecular flexibility index (Phi) is 7.33. The number of hydrogen-bond donors (Lipinski definition) is 2. The zero-order valence-corrected chi connectivity index (χ0v) is 17.9. The van der Waals surface area contributed by atoms with Crippen molar-refractivity contribution in [1.82, 2.24) is 0 Å². The number of amides is 2. The van der Waals surface area contributed by atoms with Crippen LogP contribution in [0.5, 0.6) is 0 Å². The molecule has 0 unspecified atom stereocenters. The van der Waals surface area contributed by atoms with Gasteiger partial charge in [0.2, 0.25) is 5.91 Å². The summed E-state index contributed by atoms with van der Waals surface area (Å²) < 4.78 is 0. The van der Waals surface area contributed by atoms with Gasteiger partial charge in [0.15, 0.2) is 0 Å². The molecule has 0 aliphatic heterocycles. The number of anilines is 3. The number of rotatable bonds is 7. The van der Waals surface area contributed by atoms with Gasteiger partial charge in [-0.2, -0.15) is 0 Å². The lowest BCUT2D eigenvalue weighted by molar-refractivity contribution is -0.114. The summed E-state index contributed by atoms with van der Waals surface area (Å²) in [6.45, 7) is 2.50. The van der Waals surface area contributed by atoms with E-state index in [0.717, 1.165) is 5.69 Å². The Morgan fingerprint density at radius 3 is 2.33 bits per heavy atom. The Morgan fingerprint density at radius 2 is 1.63 bits per heavy atom. The molecule has 2 amide bonds. The molecule has 0 spiro atoms. The summed E-state index contributed by atoms with van der Waals surface area (Å²) in [5, 5.41) is 6.65. The third-order valence-electron chi connectivity index (χ3n) is 4.40. The highest BCUT2D eigenvalue weighted by Crippen LogP contribution is 2.25. The van der Waals surface area contributed by atoms with E-state index in [1.807, 2.05) is 37.3 Å². The van der Waals surface area contributed by atoms with Crippen LogP contribution in [-0.4, -0.2) is 24.9 Å². The molecule has 0 radical (unpaired) electrons. The van der Waals surface area contributed by atoms with Crippen LogP contribution in [0.3, 0.4) is 0 Å². The van der Waals surface area contributed by atoms with Crippen molar-refractivity contribution in [2.45, 2.75) is 6.92 Å². The quantitative estimate of drug-likeness (QED) is 0.493. The van der Waals surface area contributed by atoms with E-state index >= 15 is 0 Å². The van der Waals surface area contributed by atoms with Gasteiger partial charge in [-0.05, 0) is 55.5 Å². The molecule has 0 aliphatic carbocycles. The van der Waals surface area contributed by atoms with Crippen molar-refractivity contribution < 1.29 is 9.59 Å². The first-order chi connectivity index (χ1) is 14.5. The lowest BCUT2D eigenvalue weighted by atomic mass is 10.1. The molecule has 7 heteroatoms. The fraction of sp³-hybridized carbons (Fsp3) is 0.130. The molecule has 3 aromatic rings. The number of halogens is 2. The molecule has 0 fully saturated rings. The van der Waals surface area contributed by atoms with Crippen LogP contribution >= 0.6 is 23.2 Å². The number of benzene rings is 3. The molecule has 3 rings (SSSR count). The summed E-state index contributed by atoms with van der Waals surface area (Å²) in [4.78, 5) is 27.0. The Morgan fingerprint density at radius 1 is 0.867 bits per heavy atom. The lowest BCUT2D eigenvalue weighted by Gasteiger charge is -2.21. The second-order valence-corrected chi connectivity index (χ2v) is 7.31. The number of hydrogen-bond acceptors (Lipinski definition) is 3. The third kappa shape index (κ3) is 5.53. The van der Waals surface area contributed by atoms with Crippen LogP contribution in [0.15, 0.2) is 72.8 Å². The largest absolute Gasteiger partial charge is 0.376 e. The number of nitrogens with one attached hydrogen (secondary N) is 2. The summed E-state index contributed by atoms with van der Waals surface area (Å²) >= 11 is 11.9. The first-order valence-electron chi connectivity index (χ1n) is 9.43.